The standard InChI is InChI=1S/C21H19BrN2O4S/c1-12-4-6-15(8-13(12)2)23-19(25)11-24-20(26)18(29-21(24)27)10-14-5-7-17(28-3)16(22)9-14/h4-10H,11H2,1-3H3,(H,23,25). The smallest absolute Gasteiger partial charge is 0.294 e. The summed E-state index contributed by atoms with van der Waals surface area (Å²) in [6.45, 7) is 3.60. The van der Waals surface area contributed by atoms with E-state index in [9.17, 15) is 14.4 Å². The minimum absolute atomic E-state index is 0.269. The maximum absolute atomic E-state index is 12.6. The molecule has 150 valence electrons. The number of ether oxygens (including phenoxy) is 1. The molecular weight excluding hydrogens is 456 g/mol. The van der Waals surface area contributed by atoms with E-state index < -0.39 is 17.1 Å². The number of nitrogens with one attached hydrogen (secondary N) is 1. The molecule has 3 amide bonds. The zero-order valence-corrected chi connectivity index (χ0v) is 18.5. The van der Waals surface area contributed by atoms with E-state index in [4.69, 9.17) is 4.74 Å². The molecule has 0 unspecified atom stereocenters. The fourth-order valence-electron chi connectivity index (χ4n) is 2.72. The van der Waals surface area contributed by atoms with Gasteiger partial charge >= 0.3 is 0 Å². The third-order valence-corrected chi connectivity index (χ3v) is 5.97. The van der Waals surface area contributed by atoms with E-state index in [0.717, 1.165) is 37.8 Å². The summed E-state index contributed by atoms with van der Waals surface area (Å²) in [5, 5.41) is 2.26. The zero-order valence-electron chi connectivity index (χ0n) is 16.1. The van der Waals surface area contributed by atoms with Gasteiger partial charge in [-0.15, -0.1) is 0 Å². The SMILES string of the molecule is COc1ccc(C=C2SC(=O)N(CC(=O)Nc3ccc(C)c(C)c3)C2=O)cc1Br. The third-order valence-electron chi connectivity index (χ3n) is 4.44. The fourth-order valence-corrected chi connectivity index (χ4v) is 4.12. The van der Waals surface area contributed by atoms with Crippen LogP contribution in [0, 0.1) is 13.8 Å². The van der Waals surface area contributed by atoms with Crippen molar-refractivity contribution in [3.8, 4) is 5.75 Å². The number of imide groups is 1. The Labute approximate surface area is 181 Å². The number of amides is 3. The second kappa shape index (κ2) is 8.84. The maximum atomic E-state index is 12.6. The average Bonchev–Trinajstić information content (AvgIpc) is 2.92. The number of methoxy groups -OCH3 is 1. The van der Waals surface area contributed by atoms with Crippen molar-refractivity contribution in [1.29, 1.82) is 0 Å². The highest BCUT2D eigenvalue weighted by Crippen LogP contribution is 2.33. The summed E-state index contributed by atoms with van der Waals surface area (Å²) in [5.74, 6) is -0.246. The topological polar surface area (TPSA) is 75.7 Å². The molecule has 0 spiro atoms. The number of halogens is 1. The fraction of sp³-hybridized carbons (Fsp3) is 0.190. The molecule has 0 aliphatic carbocycles. The lowest BCUT2D eigenvalue weighted by Crippen LogP contribution is -2.36. The molecular formula is C21H19BrN2O4S. The summed E-state index contributed by atoms with van der Waals surface area (Å²) in [5.41, 5.74) is 3.53. The van der Waals surface area contributed by atoms with Gasteiger partial charge in [0.05, 0.1) is 16.5 Å². The van der Waals surface area contributed by atoms with Crippen LogP contribution in [0.5, 0.6) is 5.75 Å². The summed E-state index contributed by atoms with van der Waals surface area (Å²) >= 11 is 4.21. The van der Waals surface area contributed by atoms with Gasteiger partial charge in [0.25, 0.3) is 11.1 Å². The quantitative estimate of drug-likeness (QED) is 0.632. The van der Waals surface area contributed by atoms with Gasteiger partial charge in [0, 0.05) is 5.69 Å². The van der Waals surface area contributed by atoms with Crippen molar-refractivity contribution in [2.45, 2.75) is 13.8 Å². The van der Waals surface area contributed by atoms with Crippen LogP contribution in [0.15, 0.2) is 45.8 Å². The number of carbonyl (C=O) groups is 3. The van der Waals surface area contributed by atoms with Crippen molar-refractivity contribution in [1.82, 2.24) is 4.90 Å². The average molecular weight is 475 g/mol. The lowest BCUT2D eigenvalue weighted by Gasteiger charge is -2.13. The summed E-state index contributed by atoms with van der Waals surface area (Å²) in [7, 11) is 1.56. The first-order chi connectivity index (χ1) is 13.8. The number of nitrogens with zero attached hydrogens (tertiary/aromatic N) is 1. The van der Waals surface area contributed by atoms with Gasteiger partial charge in [-0.2, -0.15) is 0 Å². The van der Waals surface area contributed by atoms with Crippen LogP contribution in [0.25, 0.3) is 6.08 Å². The molecule has 0 bridgehead atoms. The molecule has 0 atom stereocenters. The molecule has 1 aliphatic rings. The molecule has 1 aliphatic heterocycles. The van der Waals surface area contributed by atoms with E-state index in [-0.39, 0.29) is 11.4 Å². The normalized spacial score (nSPS) is 15.2. The van der Waals surface area contributed by atoms with Gasteiger partial charge in [-0.3, -0.25) is 19.3 Å². The van der Waals surface area contributed by atoms with E-state index in [0.29, 0.717) is 11.4 Å². The largest absolute Gasteiger partial charge is 0.496 e. The molecule has 1 saturated heterocycles. The van der Waals surface area contributed by atoms with Crippen LogP contribution in [-0.4, -0.2) is 35.6 Å². The van der Waals surface area contributed by atoms with Gasteiger partial charge in [-0.05, 0) is 88.6 Å². The first-order valence-electron chi connectivity index (χ1n) is 8.74. The van der Waals surface area contributed by atoms with E-state index in [1.807, 2.05) is 26.0 Å². The first-order valence-corrected chi connectivity index (χ1v) is 10.4. The predicted molar refractivity (Wildman–Crippen MR) is 118 cm³/mol. The van der Waals surface area contributed by atoms with Crippen molar-refractivity contribution < 1.29 is 19.1 Å². The van der Waals surface area contributed by atoms with Crippen molar-refractivity contribution in [2.75, 3.05) is 19.0 Å². The Kier molecular flexibility index (Phi) is 6.44. The number of thioether (sulfide) groups is 1. The molecule has 29 heavy (non-hydrogen) atoms. The summed E-state index contributed by atoms with van der Waals surface area (Å²) < 4.78 is 5.92. The zero-order chi connectivity index (χ0) is 21.1. The van der Waals surface area contributed by atoms with Crippen molar-refractivity contribution in [3.05, 3.63) is 62.5 Å². The predicted octanol–water partition coefficient (Wildman–Crippen LogP) is 4.75. The van der Waals surface area contributed by atoms with Crippen LogP contribution in [0.1, 0.15) is 16.7 Å². The summed E-state index contributed by atoms with van der Waals surface area (Å²) in [4.78, 5) is 38.4. The van der Waals surface area contributed by atoms with E-state index in [1.54, 1.807) is 37.5 Å². The monoisotopic (exact) mass is 474 g/mol. The van der Waals surface area contributed by atoms with Crippen LogP contribution >= 0.6 is 27.7 Å². The van der Waals surface area contributed by atoms with Crippen molar-refractivity contribution in [3.63, 3.8) is 0 Å². The highest BCUT2D eigenvalue weighted by Gasteiger charge is 2.36. The molecule has 3 rings (SSSR count). The van der Waals surface area contributed by atoms with Crippen molar-refractivity contribution in [2.24, 2.45) is 0 Å². The highest BCUT2D eigenvalue weighted by atomic mass is 79.9. The Morgan fingerprint density at radius 1 is 1.17 bits per heavy atom. The Balaban J connectivity index is 1.70. The molecule has 2 aromatic carbocycles. The van der Waals surface area contributed by atoms with Gasteiger partial charge in [-0.1, -0.05) is 12.1 Å². The van der Waals surface area contributed by atoms with Crippen LogP contribution in [0.4, 0.5) is 10.5 Å². The Morgan fingerprint density at radius 3 is 2.59 bits per heavy atom. The number of rotatable bonds is 5. The number of hydrogen-bond donors (Lipinski definition) is 1. The Bertz CT molecular complexity index is 1040. The second-order valence-corrected chi connectivity index (χ2v) is 8.36. The number of benzene rings is 2. The van der Waals surface area contributed by atoms with Crippen LogP contribution in [-0.2, 0) is 9.59 Å². The summed E-state index contributed by atoms with van der Waals surface area (Å²) in [6, 6.07) is 10.9. The van der Waals surface area contributed by atoms with Crippen molar-refractivity contribution >= 4 is 56.5 Å². The molecule has 1 heterocycles. The lowest BCUT2D eigenvalue weighted by molar-refractivity contribution is -0.127. The van der Waals surface area contributed by atoms with Gasteiger partial charge in [0.1, 0.15) is 12.3 Å². The van der Waals surface area contributed by atoms with E-state index in [1.165, 1.54) is 0 Å². The molecule has 1 fully saturated rings. The molecule has 8 heteroatoms. The number of carbonyl (C=O) groups excluding carboxylic acids is 3. The van der Waals surface area contributed by atoms with Gasteiger partial charge in [0.2, 0.25) is 5.91 Å². The Morgan fingerprint density at radius 2 is 1.93 bits per heavy atom. The van der Waals surface area contributed by atoms with E-state index in [2.05, 4.69) is 21.2 Å². The maximum Gasteiger partial charge on any atom is 0.294 e. The number of anilines is 1. The first kappa shape index (κ1) is 21.1. The lowest BCUT2D eigenvalue weighted by atomic mass is 10.1. The molecule has 0 saturated carbocycles. The minimum Gasteiger partial charge on any atom is -0.496 e. The highest BCUT2D eigenvalue weighted by molar-refractivity contribution is 9.10. The van der Waals surface area contributed by atoms with Gasteiger partial charge in [-0.25, -0.2) is 0 Å². The van der Waals surface area contributed by atoms with Gasteiger partial charge in [0.15, 0.2) is 0 Å². The van der Waals surface area contributed by atoms with E-state index >= 15 is 0 Å². The number of aryl methyl sites for hydroxylation is 2. The molecule has 6 nitrogen and oxygen atoms in total. The third kappa shape index (κ3) is 4.89. The van der Waals surface area contributed by atoms with Gasteiger partial charge < -0.3 is 10.1 Å². The molecule has 0 radical (unpaired) electrons. The molecule has 0 aromatic heterocycles. The molecule has 2 aromatic rings. The summed E-state index contributed by atoms with van der Waals surface area (Å²) in [6.07, 6.45) is 1.62. The van der Waals surface area contributed by atoms with Crippen LogP contribution in [0.2, 0.25) is 0 Å². The number of hydrogen-bond acceptors (Lipinski definition) is 5. The molecule has 1 N–H and O–H groups in total. The van der Waals surface area contributed by atoms with Crippen LogP contribution in [0.3, 0.4) is 0 Å². The second-order valence-electron chi connectivity index (χ2n) is 6.51. The minimum atomic E-state index is -0.484. The Hall–Kier alpha value is -2.58. The van der Waals surface area contributed by atoms with Crippen LogP contribution < -0.4 is 10.1 Å².